The van der Waals surface area contributed by atoms with Crippen molar-refractivity contribution < 1.29 is 5.21 Å². The lowest BCUT2D eigenvalue weighted by Crippen LogP contribution is -2.09. The molecule has 15 heavy (non-hydrogen) atoms. The van der Waals surface area contributed by atoms with Crippen LogP contribution in [0.3, 0.4) is 0 Å². The highest BCUT2D eigenvalue weighted by Crippen LogP contribution is 2.19. The summed E-state index contributed by atoms with van der Waals surface area (Å²) in [6.45, 7) is 7.80. The molecule has 1 aromatic rings. The molecule has 1 N–H and O–H groups in total. The highest BCUT2D eigenvalue weighted by atomic mass is 16.4. The Morgan fingerprint density at radius 3 is 2.47 bits per heavy atom. The van der Waals surface area contributed by atoms with Gasteiger partial charge in [0.2, 0.25) is 0 Å². The van der Waals surface area contributed by atoms with Gasteiger partial charge < -0.3 is 5.21 Å². The van der Waals surface area contributed by atoms with Crippen molar-refractivity contribution in [2.45, 2.75) is 26.2 Å². The predicted octanol–water partition coefficient (Wildman–Crippen LogP) is 3.59. The van der Waals surface area contributed by atoms with Crippen molar-refractivity contribution in [3.05, 3.63) is 48.0 Å². The summed E-state index contributed by atoms with van der Waals surface area (Å²) in [6, 6.07) is 10.0. The number of benzene rings is 1. The molecule has 0 aromatic heterocycles. The van der Waals surface area contributed by atoms with Crippen molar-refractivity contribution in [1.82, 2.24) is 0 Å². The number of allylic oxidation sites excluding steroid dienone is 1. The molecule has 0 saturated carbocycles. The fourth-order valence-corrected chi connectivity index (χ4v) is 1.52. The minimum Gasteiger partial charge on any atom is -0.411 e. The van der Waals surface area contributed by atoms with E-state index >= 15 is 0 Å². The van der Waals surface area contributed by atoms with Crippen LogP contribution in [0, 0.1) is 0 Å². The standard InChI is InChI=1S/C13H17NO/c1-10(2)9-13(14-15)11(3)12-7-5-4-6-8-12/h4-8,11,15H,1,9H2,2-3H3/b14-13+. The van der Waals surface area contributed by atoms with Crippen molar-refractivity contribution in [3.8, 4) is 0 Å². The fraction of sp³-hybridized carbons (Fsp3) is 0.308. The lowest BCUT2D eigenvalue weighted by molar-refractivity contribution is 0.316. The van der Waals surface area contributed by atoms with Gasteiger partial charge in [-0.3, -0.25) is 0 Å². The Morgan fingerprint density at radius 2 is 2.00 bits per heavy atom. The maximum absolute atomic E-state index is 8.95. The van der Waals surface area contributed by atoms with Crippen LogP contribution in [0.5, 0.6) is 0 Å². The third-order valence-electron chi connectivity index (χ3n) is 2.41. The molecule has 2 heteroatoms. The second-order valence-electron chi connectivity index (χ2n) is 3.86. The van der Waals surface area contributed by atoms with Crippen LogP contribution in [0.1, 0.15) is 31.7 Å². The summed E-state index contributed by atoms with van der Waals surface area (Å²) in [5, 5.41) is 12.3. The summed E-state index contributed by atoms with van der Waals surface area (Å²) >= 11 is 0. The van der Waals surface area contributed by atoms with Gasteiger partial charge in [-0.25, -0.2) is 0 Å². The van der Waals surface area contributed by atoms with E-state index in [-0.39, 0.29) is 5.92 Å². The van der Waals surface area contributed by atoms with E-state index in [4.69, 9.17) is 5.21 Å². The Kier molecular flexibility index (Phi) is 4.10. The SMILES string of the molecule is C=C(C)C/C(=N\O)C(C)c1ccccc1. The van der Waals surface area contributed by atoms with Crippen LogP contribution < -0.4 is 0 Å². The first-order valence-electron chi connectivity index (χ1n) is 5.05. The summed E-state index contributed by atoms with van der Waals surface area (Å²) in [5.74, 6) is 0.132. The van der Waals surface area contributed by atoms with Crippen molar-refractivity contribution in [3.63, 3.8) is 0 Å². The van der Waals surface area contributed by atoms with E-state index in [1.54, 1.807) is 0 Å². The summed E-state index contributed by atoms with van der Waals surface area (Å²) < 4.78 is 0. The van der Waals surface area contributed by atoms with E-state index in [9.17, 15) is 0 Å². The van der Waals surface area contributed by atoms with E-state index in [0.29, 0.717) is 6.42 Å². The van der Waals surface area contributed by atoms with Gasteiger partial charge in [0.15, 0.2) is 0 Å². The number of rotatable bonds is 4. The highest BCUT2D eigenvalue weighted by Gasteiger charge is 2.13. The van der Waals surface area contributed by atoms with Gasteiger partial charge in [0, 0.05) is 12.3 Å². The topological polar surface area (TPSA) is 32.6 Å². The highest BCUT2D eigenvalue weighted by molar-refractivity contribution is 5.91. The van der Waals surface area contributed by atoms with Crippen LogP contribution in [-0.4, -0.2) is 10.9 Å². The Labute approximate surface area is 90.9 Å². The molecule has 1 aromatic carbocycles. The molecule has 0 aliphatic rings. The number of oxime groups is 1. The van der Waals surface area contributed by atoms with Crippen molar-refractivity contribution in [1.29, 1.82) is 0 Å². The maximum atomic E-state index is 8.95. The summed E-state index contributed by atoms with van der Waals surface area (Å²) in [5.41, 5.74) is 2.92. The van der Waals surface area contributed by atoms with Crippen molar-refractivity contribution in [2.75, 3.05) is 0 Å². The molecule has 0 saturated heterocycles. The van der Waals surface area contributed by atoms with Gasteiger partial charge in [0.25, 0.3) is 0 Å². The molecule has 0 aliphatic carbocycles. The molecular formula is C13H17NO. The molecule has 0 heterocycles. The van der Waals surface area contributed by atoms with Crippen LogP contribution in [0.2, 0.25) is 0 Å². The molecule has 1 atom stereocenters. The fourth-order valence-electron chi connectivity index (χ4n) is 1.52. The minimum atomic E-state index is 0.132. The van der Waals surface area contributed by atoms with E-state index < -0.39 is 0 Å². The zero-order chi connectivity index (χ0) is 11.3. The molecule has 0 fully saturated rings. The van der Waals surface area contributed by atoms with Crippen LogP contribution in [0.25, 0.3) is 0 Å². The monoisotopic (exact) mass is 203 g/mol. The van der Waals surface area contributed by atoms with Gasteiger partial charge in [-0.05, 0) is 12.5 Å². The van der Waals surface area contributed by atoms with E-state index in [0.717, 1.165) is 16.8 Å². The zero-order valence-corrected chi connectivity index (χ0v) is 9.27. The predicted molar refractivity (Wildman–Crippen MR) is 63.5 cm³/mol. The van der Waals surface area contributed by atoms with Crippen molar-refractivity contribution in [2.24, 2.45) is 5.16 Å². The first-order chi connectivity index (χ1) is 7.15. The second kappa shape index (κ2) is 5.35. The van der Waals surface area contributed by atoms with Crippen LogP contribution in [-0.2, 0) is 0 Å². The molecule has 0 amide bonds. The summed E-state index contributed by atoms with van der Waals surface area (Å²) in [6.07, 6.45) is 0.645. The molecular weight excluding hydrogens is 186 g/mol. The van der Waals surface area contributed by atoms with Gasteiger partial charge in [-0.1, -0.05) is 54.6 Å². The number of hydrogen-bond donors (Lipinski definition) is 1. The zero-order valence-electron chi connectivity index (χ0n) is 9.27. The van der Waals surface area contributed by atoms with Gasteiger partial charge in [-0.2, -0.15) is 0 Å². The first kappa shape index (κ1) is 11.5. The Hall–Kier alpha value is -1.57. The normalized spacial score (nSPS) is 13.6. The Bertz CT molecular complexity index is 354. The smallest absolute Gasteiger partial charge is 0.0682 e. The van der Waals surface area contributed by atoms with Gasteiger partial charge in [-0.15, -0.1) is 0 Å². The number of nitrogens with zero attached hydrogens (tertiary/aromatic N) is 1. The average molecular weight is 203 g/mol. The molecule has 0 radical (unpaired) electrons. The van der Waals surface area contributed by atoms with Gasteiger partial charge in [0.1, 0.15) is 0 Å². The molecule has 2 nitrogen and oxygen atoms in total. The number of hydrogen-bond acceptors (Lipinski definition) is 2. The lowest BCUT2D eigenvalue weighted by atomic mass is 9.93. The first-order valence-corrected chi connectivity index (χ1v) is 5.05. The second-order valence-corrected chi connectivity index (χ2v) is 3.86. The molecule has 80 valence electrons. The van der Waals surface area contributed by atoms with E-state index in [1.807, 2.05) is 44.2 Å². The third kappa shape index (κ3) is 3.24. The molecule has 0 bridgehead atoms. The third-order valence-corrected chi connectivity index (χ3v) is 2.41. The van der Waals surface area contributed by atoms with E-state index in [1.165, 1.54) is 0 Å². The minimum absolute atomic E-state index is 0.132. The van der Waals surface area contributed by atoms with Gasteiger partial charge in [0.05, 0.1) is 5.71 Å². The molecule has 1 rings (SSSR count). The summed E-state index contributed by atoms with van der Waals surface area (Å²) in [7, 11) is 0. The molecule has 0 aliphatic heterocycles. The van der Waals surface area contributed by atoms with Crippen LogP contribution in [0.4, 0.5) is 0 Å². The van der Waals surface area contributed by atoms with E-state index in [2.05, 4.69) is 11.7 Å². The lowest BCUT2D eigenvalue weighted by Gasteiger charge is -2.13. The maximum Gasteiger partial charge on any atom is 0.0682 e. The van der Waals surface area contributed by atoms with Crippen LogP contribution >= 0.6 is 0 Å². The quantitative estimate of drug-likeness (QED) is 0.345. The Morgan fingerprint density at radius 1 is 1.40 bits per heavy atom. The average Bonchev–Trinajstić information content (AvgIpc) is 2.26. The van der Waals surface area contributed by atoms with Crippen molar-refractivity contribution >= 4 is 5.71 Å². The largest absolute Gasteiger partial charge is 0.411 e. The van der Waals surface area contributed by atoms with Crippen LogP contribution in [0.15, 0.2) is 47.6 Å². The van der Waals surface area contributed by atoms with Gasteiger partial charge >= 0.3 is 0 Å². The molecule has 1 unspecified atom stereocenters. The molecule has 0 spiro atoms. The summed E-state index contributed by atoms with van der Waals surface area (Å²) in [4.78, 5) is 0. The Balaban J connectivity index is 2.83.